The number of ether oxygens (including phenoxy) is 6. The zero-order chi connectivity index (χ0) is 55.2. The van der Waals surface area contributed by atoms with Crippen LogP contribution in [-0.4, -0.2) is 181 Å². The molecule has 0 radical (unpaired) electrons. The first-order chi connectivity index (χ1) is 36.3. The van der Waals surface area contributed by atoms with Crippen molar-refractivity contribution < 1.29 is 58.5 Å². The second-order valence-electron chi connectivity index (χ2n) is 23.4. The van der Waals surface area contributed by atoms with Crippen molar-refractivity contribution >= 4 is 22.6 Å². The van der Waals surface area contributed by atoms with Gasteiger partial charge in [-0.05, 0) is 139 Å². The molecule has 0 amide bonds. The van der Waals surface area contributed by atoms with Gasteiger partial charge in [-0.15, -0.1) is 0 Å². The maximum Gasteiger partial charge on any atom is 0.308 e. The van der Waals surface area contributed by atoms with Crippen LogP contribution in [0, 0.1) is 41.4 Å². The van der Waals surface area contributed by atoms with Gasteiger partial charge in [-0.1, -0.05) is 76.6 Å². The van der Waals surface area contributed by atoms with E-state index >= 15 is 0 Å². The average molecular weight is 1070 g/mol. The van der Waals surface area contributed by atoms with E-state index in [9.17, 15) is 25.2 Å². The summed E-state index contributed by atoms with van der Waals surface area (Å²) in [4.78, 5) is 29.2. The van der Waals surface area contributed by atoms with E-state index in [1.54, 1.807) is 26.0 Å². The molecule has 4 aliphatic rings. The minimum absolute atomic E-state index is 0.104. The number of likely N-dealkylation sites (N-methyl/N-ethyl adjacent to an activating group) is 1. The van der Waals surface area contributed by atoms with Crippen molar-refractivity contribution in [1.29, 1.82) is 0 Å². The number of aliphatic hydroxyl groups is 4. The molecule has 3 unspecified atom stereocenters. The van der Waals surface area contributed by atoms with Crippen LogP contribution in [0.4, 0.5) is 0 Å². The molecule has 4 N–H and O–H groups in total. The molecule has 1 aromatic carbocycles. The van der Waals surface area contributed by atoms with Gasteiger partial charge in [0.25, 0.3) is 0 Å². The molecule has 1 aliphatic carbocycles. The molecule has 1 saturated carbocycles. The Kier molecular flexibility index (Phi) is 24.2. The molecule has 76 heavy (non-hydrogen) atoms. The molecule has 0 spiro atoms. The van der Waals surface area contributed by atoms with E-state index in [4.69, 9.17) is 38.4 Å². The Balaban J connectivity index is 1.34. The van der Waals surface area contributed by atoms with Crippen LogP contribution in [0.2, 0.25) is 0 Å². The summed E-state index contributed by atoms with van der Waals surface area (Å²) in [6.07, 6.45) is 5.02. The number of methoxy groups -OCH3 is 2. The van der Waals surface area contributed by atoms with Gasteiger partial charge in [-0.3, -0.25) is 9.78 Å². The Morgan fingerprint density at radius 1 is 0.882 bits per heavy atom. The Morgan fingerprint density at radius 3 is 2.32 bits per heavy atom. The standard InChI is InChI=1S/C60H96N4O12/c1-13-50-46(35-72-51-30-40(6)54(67)59(71-12)58(51)70-11)28-36(2)19-21-47(62-73-26-15-14-17-43-20-22-48-44(31-43)18-16-24-61-48)39(5)29-45(23-25-64-33-37(3)27-38(4)34-64)57(41(7)49(65)32-52(66)75-50)76-60-56(69)53(63(9)10)55(68)42(8)74-60/h16,18-22,24,28,31,37-42,45-46,49-51,53-60,65,67-69H,13-15,17,23,25-27,29-30,32-35H2,1-12H3/b21-19+,36-28+,62-47-/t37?,38?,39-,40+,41+,42-,45+,46?,49-,50-,51-,53+,54-,55-,56+,57-,58+,59-,60+/m1/s1. The van der Waals surface area contributed by atoms with Crippen LogP contribution >= 0.6 is 0 Å². The van der Waals surface area contributed by atoms with Crippen LogP contribution in [-0.2, 0) is 44.5 Å². The number of allylic oxidation sites excluding steroid dienone is 3. The SMILES string of the molecule is CC[C@H]1OC(=O)C[C@@H](O)[C@H](C)[C@@H](O[C@@H]2O[C@H](C)[C@@H](O)[C@H](N(C)C)[C@@H]2O)[C@@H](CCN2CC(C)CC(C)C2)C[C@@H](C)C(=N\OCCCCc2ccc3ncccc3c2)/C=C/C(C)=C/C1CO[C@@H]1C[C@H](C)[C@@H](O)[C@@H](OC)[C@H]1OC. The number of cyclic esters (lactones) is 1. The number of hydrogen-bond acceptors (Lipinski definition) is 16. The van der Waals surface area contributed by atoms with Crippen molar-refractivity contribution in [2.45, 2.75) is 187 Å². The van der Waals surface area contributed by atoms with Gasteiger partial charge in [-0.25, -0.2) is 0 Å². The summed E-state index contributed by atoms with van der Waals surface area (Å²) in [5.74, 6) is -0.981. The third kappa shape index (κ3) is 16.8. The minimum atomic E-state index is -1.22. The molecule has 428 valence electrons. The minimum Gasteiger partial charge on any atom is -0.462 e. The van der Waals surface area contributed by atoms with Crippen LogP contribution < -0.4 is 0 Å². The number of unbranched alkanes of at least 4 members (excludes halogenated alkanes) is 1. The van der Waals surface area contributed by atoms with Crippen LogP contribution in [0.5, 0.6) is 0 Å². The zero-order valence-electron chi connectivity index (χ0n) is 47.9. The lowest BCUT2D eigenvalue weighted by atomic mass is 9.79. The number of fused-ring (bicyclic) bond motifs is 1. The molecule has 3 fully saturated rings. The fourth-order valence-corrected chi connectivity index (χ4v) is 12.5. The van der Waals surface area contributed by atoms with E-state index in [0.717, 1.165) is 61.1 Å². The smallest absolute Gasteiger partial charge is 0.308 e. The van der Waals surface area contributed by atoms with E-state index in [2.05, 4.69) is 61.0 Å². The Labute approximate surface area is 454 Å². The average Bonchev–Trinajstić information content (AvgIpc) is 3.38. The highest BCUT2D eigenvalue weighted by Crippen LogP contribution is 2.37. The molecular weight excluding hydrogens is 969 g/mol. The quantitative estimate of drug-likeness (QED) is 0.0656. The van der Waals surface area contributed by atoms with Crippen molar-refractivity contribution in [3.63, 3.8) is 0 Å². The topological polar surface area (TPSA) is 194 Å². The number of aryl methyl sites for hydroxylation is 1. The lowest BCUT2D eigenvalue weighted by molar-refractivity contribution is -0.304. The normalized spacial score (nSPS) is 38.4. The summed E-state index contributed by atoms with van der Waals surface area (Å²) in [6, 6.07) is 9.79. The van der Waals surface area contributed by atoms with Gasteiger partial charge in [0, 0.05) is 56.6 Å². The number of pyridine rings is 1. The third-order valence-electron chi connectivity index (χ3n) is 16.8. The third-order valence-corrected chi connectivity index (χ3v) is 16.8. The maximum absolute atomic E-state index is 14.2. The monoisotopic (exact) mass is 1060 g/mol. The number of carbonyl (C=O) groups excluding carboxylic acids is 1. The molecule has 1 aromatic heterocycles. The van der Waals surface area contributed by atoms with E-state index in [0.29, 0.717) is 44.1 Å². The summed E-state index contributed by atoms with van der Waals surface area (Å²) in [5, 5.41) is 52.4. The predicted octanol–water partition coefficient (Wildman–Crippen LogP) is 7.38. The molecule has 6 rings (SSSR count). The van der Waals surface area contributed by atoms with E-state index in [1.165, 1.54) is 12.0 Å². The molecule has 2 aromatic rings. The Bertz CT molecular complexity index is 2170. The Morgan fingerprint density at radius 2 is 1.62 bits per heavy atom. The molecule has 19 atom stereocenters. The number of carbonyl (C=O) groups is 1. The first kappa shape index (κ1) is 61.8. The number of aromatic nitrogens is 1. The van der Waals surface area contributed by atoms with Gasteiger partial charge in [-0.2, -0.15) is 0 Å². The number of benzene rings is 1. The summed E-state index contributed by atoms with van der Waals surface area (Å²) in [5.41, 5.74) is 3.88. The predicted molar refractivity (Wildman–Crippen MR) is 296 cm³/mol. The van der Waals surface area contributed by atoms with Gasteiger partial charge in [0.2, 0.25) is 0 Å². The van der Waals surface area contributed by atoms with Crippen molar-refractivity contribution in [2.75, 3.05) is 61.2 Å². The molecule has 3 aliphatic heterocycles. The molecule has 2 saturated heterocycles. The van der Waals surface area contributed by atoms with Gasteiger partial charge >= 0.3 is 5.97 Å². The van der Waals surface area contributed by atoms with Crippen molar-refractivity contribution in [3.05, 3.63) is 65.9 Å². The number of oxime groups is 1. The fourth-order valence-electron chi connectivity index (χ4n) is 12.5. The largest absolute Gasteiger partial charge is 0.462 e. The number of hydrogen-bond donors (Lipinski definition) is 4. The van der Waals surface area contributed by atoms with Crippen molar-refractivity contribution in [3.8, 4) is 0 Å². The van der Waals surface area contributed by atoms with Crippen LogP contribution in [0.3, 0.4) is 0 Å². The van der Waals surface area contributed by atoms with E-state index in [1.807, 2.05) is 66.2 Å². The second kappa shape index (κ2) is 29.7. The number of likely N-dealkylation sites (tertiary alicyclic amines) is 1. The number of piperidine rings is 1. The molecule has 0 bridgehead atoms. The maximum atomic E-state index is 14.2. The highest BCUT2D eigenvalue weighted by Gasteiger charge is 2.48. The highest BCUT2D eigenvalue weighted by molar-refractivity contribution is 5.96. The van der Waals surface area contributed by atoms with E-state index < -0.39 is 91.2 Å². The summed E-state index contributed by atoms with van der Waals surface area (Å²) in [6.45, 7) is 19.8. The van der Waals surface area contributed by atoms with Crippen LogP contribution in [0.25, 0.3) is 10.9 Å². The van der Waals surface area contributed by atoms with Crippen molar-refractivity contribution in [1.82, 2.24) is 14.8 Å². The summed E-state index contributed by atoms with van der Waals surface area (Å²) >= 11 is 0. The lowest BCUT2D eigenvalue weighted by Crippen LogP contribution is -2.63. The summed E-state index contributed by atoms with van der Waals surface area (Å²) < 4.78 is 38.0. The number of aliphatic hydroxyl groups excluding tert-OH is 4. The van der Waals surface area contributed by atoms with Crippen LogP contribution in [0.15, 0.2) is 65.5 Å². The van der Waals surface area contributed by atoms with Gasteiger partial charge in [0.05, 0.1) is 66.9 Å². The summed E-state index contributed by atoms with van der Waals surface area (Å²) in [7, 11) is 6.78. The molecule has 16 heteroatoms. The first-order valence-electron chi connectivity index (χ1n) is 28.5. The molecule has 16 nitrogen and oxygen atoms in total. The van der Waals surface area contributed by atoms with E-state index in [-0.39, 0.29) is 30.8 Å². The van der Waals surface area contributed by atoms with Gasteiger partial charge in [0.1, 0.15) is 31.0 Å². The fraction of sp³-hybridized carbons (Fsp3) is 0.750. The Hall–Kier alpha value is -3.39. The number of esters is 1. The van der Waals surface area contributed by atoms with Gasteiger partial charge < -0.3 is 63.5 Å². The first-order valence-corrected chi connectivity index (χ1v) is 28.5. The molecule has 4 heterocycles. The lowest BCUT2D eigenvalue weighted by Gasteiger charge is -2.47. The molecular formula is C60H96N4O12. The highest BCUT2D eigenvalue weighted by atomic mass is 16.7. The van der Waals surface area contributed by atoms with Gasteiger partial charge in [0.15, 0.2) is 6.29 Å². The van der Waals surface area contributed by atoms with Crippen molar-refractivity contribution in [2.24, 2.45) is 46.6 Å². The zero-order valence-corrected chi connectivity index (χ0v) is 47.9. The second-order valence-corrected chi connectivity index (χ2v) is 23.4. The number of rotatable bonds is 18. The van der Waals surface area contributed by atoms with Crippen LogP contribution in [0.1, 0.15) is 112 Å². The number of nitrogens with zero attached hydrogens (tertiary/aromatic N) is 4.